The van der Waals surface area contributed by atoms with Gasteiger partial charge in [0.15, 0.2) is 5.96 Å². The molecule has 0 aromatic heterocycles. The maximum absolute atomic E-state index is 5.65. The zero-order chi connectivity index (χ0) is 10.8. The number of hydrogen-bond acceptors (Lipinski definition) is 1. The number of unbranched alkanes of at least 4 members (excludes halogenated alkanes) is 3. The molecule has 0 heterocycles. The van der Waals surface area contributed by atoms with E-state index >= 15 is 0 Å². The SMILES string of the molecule is CCCCCCC(C)NC(N)=NCC. The van der Waals surface area contributed by atoms with Crippen LogP contribution in [0.1, 0.15) is 52.9 Å². The van der Waals surface area contributed by atoms with E-state index in [0.29, 0.717) is 12.0 Å². The summed E-state index contributed by atoms with van der Waals surface area (Å²) < 4.78 is 0. The van der Waals surface area contributed by atoms with Crippen molar-refractivity contribution in [2.45, 2.75) is 58.9 Å². The van der Waals surface area contributed by atoms with Gasteiger partial charge in [0, 0.05) is 12.6 Å². The van der Waals surface area contributed by atoms with Crippen LogP contribution in [0.5, 0.6) is 0 Å². The minimum Gasteiger partial charge on any atom is -0.370 e. The Morgan fingerprint density at radius 1 is 1.29 bits per heavy atom. The number of rotatable bonds is 7. The van der Waals surface area contributed by atoms with Crippen molar-refractivity contribution in [3.63, 3.8) is 0 Å². The Kier molecular flexibility index (Phi) is 8.39. The summed E-state index contributed by atoms with van der Waals surface area (Å²) in [5.74, 6) is 0.579. The zero-order valence-corrected chi connectivity index (χ0v) is 9.84. The molecule has 0 amide bonds. The van der Waals surface area contributed by atoms with Gasteiger partial charge in [-0.15, -0.1) is 0 Å². The van der Waals surface area contributed by atoms with Gasteiger partial charge in [0.1, 0.15) is 0 Å². The molecule has 0 bridgehead atoms. The number of aliphatic imine (C=N–C) groups is 1. The molecule has 0 aliphatic carbocycles. The molecule has 0 aromatic rings. The molecule has 3 heteroatoms. The molecule has 84 valence electrons. The largest absolute Gasteiger partial charge is 0.370 e. The molecule has 3 N–H and O–H groups in total. The predicted molar refractivity (Wildman–Crippen MR) is 63.5 cm³/mol. The first-order valence-electron chi connectivity index (χ1n) is 5.77. The van der Waals surface area contributed by atoms with Crippen LogP contribution in [0.15, 0.2) is 4.99 Å². The number of nitrogens with one attached hydrogen (secondary N) is 1. The van der Waals surface area contributed by atoms with Gasteiger partial charge in [-0.25, -0.2) is 0 Å². The number of guanidine groups is 1. The summed E-state index contributed by atoms with van der Waals surface area (Å²) in [5, 5.41) is 3.19. The van der Waals surface area contributed by atoms with E-state index in [1.807, 2.05) is 6.92 Å². The van der Waals surface area contributed by atoms with Gasteiger partial charge in [0.05, 0.1) is 0 Å². The third kappa shape index (κ3) is 7.90. The summed E-state index contributed by atoms with van der Waals surface area (Å²) >= 11 is 0. The van der Waals surface area contributed by atoms with Crippen LogP contribution in [-0.4, -0.2) is 18.5 Å². The second kappa shape index (κ2) is 8.85. The van der Waals surface area contributed by atoms with Crippen LogP contribution in [0.2, 0.25) is 0 Å². The molecule has 0 aliphatic heterocycles. The maximum Gasteiger partial charge on any atom is 0.188 e. The Labute approximate surface area is 88.2 Å². The molecule has 3 nitrogen and oxygen atoms in total. The lowest BCUT2D eigenvalue weighted by Gasteiger charge is -2.13. The van der Waals surface area contributed by atoms with Gasteiger partial charge >= 0.3 is 0 Å². The van der Waals surface area contributed by atoms with E-state index in [1.165, 1.54) is 32.1 Å². The fourth-order valence-electron chi connectivity index (χ4n) is 1.42. The van der Waals surface area contributed by atoms with Crippen molar-refractivity contribution >= 4 is 5.96 Å². The van der Waals surface area contributed by atoms with Crippen molar-refractivity contribution < 1.29 is 0 Å². The van der Waals surface area contributed by atoms with Crippen LogP contribution >= 0.6 is 0 Å². The molecule has 1 unspecified atom stereocenters. The quantitative estimate of drug-likeness (QED) is 0.375. The summed E-state index contributed by atoms with van der Waals surface area (Å²) in [6, 6.07) is 0.446. The number of nitrogens with zero attached hydrogens (tertiary/aromatic N) is 1. The zero-order valence-electron chi connectivity index (χ0n) is 9.84. The molecule has 0 aromatic carbocycles. The first-order valence-corrected chi connectivity index (χ1v) is 5.77. The van der Waals surface area contributed by atoms with Crippen LogP contribution in [-0.2, 0) is 0 Å². The molecule has 0 spiro atoms. The van der Waals surface area contributed by atoms with E-state index in [9.17, 15) is 0 Å². The number of nitrogens with two attached hydrogens (primary N) is 1. The molecule has 0 aliphatic rings. The van der Waals surface area contributed by atoms with Crippen molar-refractivity contribution in [2.75, 3.05) is 6.54 Å². The van der Waals surface area contributed by atoms with Crippen LogP contribution in [0.3, 0.4) is 0 Å². The highest BCUT2D eigenvalue weighted by Gasteiger charge is 2.01. The summed E-state index contributed by atoms with van der Waals surface area (Å²) in [4.78, 5) is 4.09. The first-order chi connectivity index (χ1) is 6.70. The highest BCUT2D eigenvalue weighted by atomic mass is 15.1. The minimum atomic E-state index is 0.446. The molecule has 0 radical (unpaired) electrons. The molecular formula is C11H25N3. The third-order valence-electron chi connectivity index (χ3n) is 2.21. The van der Waals surface area contributed by atoms with Crippen molar-refractivity contribution in [2.24, 2.45) is 10.7 Å². The van der Waals surface area contributed by atoms with Crippen LogP contribution in [0, 0.1) is 0 Å². The van der Waals surface area contributed by atoms with Crippen LogP contribution in [0.25, 0.3) is 0 Å². The molecular weight excluding hydrogens is 174 g/mol. The van der Waals surface area contributed by atoms with Gasteiger partial charge in [-0.2, -0.15) is 0 Å². The Morgan fingerprint density at radius 3 is 2.57 bits per heavy atom. The minimum absolute atomic E-state index is 0.446. The second-order valence-electron chi connectivity index (χ2n) is 3.75. The van der Waals surface area contributed by atoms with Crippen LogP contribution in [0.4, 0.5) is 0 Å². The summed E-state index contributed by atoms with van der Waals surface area (Å²) in [6.07, 6.45) is 6.42. The molecule has 0 saturated carbocycles. The van der Waals surface area contributed by atoms with Gasteiger partial charge < -0.3 is 11.1 Å². The Bertz CT molecular complexity index is 155. The molecule has 0 rings (SSSR count). The smallest absolute Gasteiger partial charge is 0.188 e. The molecule has 0 fully saturated rings. The fourth-order valence-corrected chi connectivity index (χ4v) is 1.42. The average Bonchev–Trinajstić information content (AvgIpc) is 2.13. The normalized spacial score (nSPS) is 14.1. The van der Waals surface area contributed by atoms with Gasteiger partial charge in [0.2, 0.25) is 0 Å². The lowest BCUT2D eigenvalue weighted by Crippen LogP contribution is -2.38. The lowest BCUT2D eigenvalue weighted by molar-refractivity contribution is 0.541. The topological polar surface area (TPSA) is 50.4 Å². The van der Waals surface area contributed by atoms with E-state index in [-0.39, 0.29) is 0 Å². The summed E-state index contributed by atoms with van der Waals surface area (Å²) in [6.45, 7) is 7.12. The van der Waals surface area contributed by atoms with Gasteiger partial charge in [0.25, 0.3) is 0 Å². The molecule has 14 heavy (non-hydrogen) atoms. The molecule has 0 saturated heterocycles. The Morgan fingerprint density at radius 2 is 2.00 bits per heavy atom. The summed E-state index contributed by atoms with van der Waals surface area (Å²) in [7, 11) is 0. The van der Waals surface area contributed by atoms with E-state index in [1.54, 1.807) is 0 Å². The van der Waals surface area contributed by atoms with Crippen LogP contribution < -0.4 is 11.1 Å². The Balaban J connectivity index is 3.45. The molecule has 1 atom stereocenters. The maximum atomic E-state index is 5.65. The summed E-state index contributed by atoms with van der Waals surface area (Å²) in [5.41, 5.74) is 5.65. The second-order valence-corrected chi connectivity index (χ2v) is 3.75. The average molecular weight is 199 g/mol. The Hall–Kier alpha value is -0.730. The van der Waals surface area contributed by atoms with Gasteiger partial charge in [-0.05, 0) is 20.3 Å². The van der Waals surface area contributed by atoms with Crippen molar-refractivity contribution in [3.8, 4) is 0 Å². The highest BCUT2D eigenvalue weighted by Crippen LogP contribution is 2.04. The third-order valence-corrected chi connectivity index (χ3v) is 2.21. The fraction of sp³-hybridized carbons (Fsp3) is 0.909. The standard InChI is InChI=1S/C11H25N3/c1-4-6-7-8-9-10(3)14-11(12)13-5-2/h10H,4-9H2,1-3H3,(H3,12,13,14). The van der Waals surface area contributed by atoms with Gasteiger partial charge in [-0.1, -0.05) is 32.6 Å². The highest BCUT2D eigenvalue weighted by molar-refractivity contribution is 5.78. The monoisotopic (exact) mass is 199 g/mol. The van der Waals surface area contributed by atoms with E-state index in [2.05, 4.69) is 24.2 Å². The van der Waals surface area contributed by atoms with E-state index in [4.69, 9.17) is 5.73 Å². The van der Waals surface area contributed by atoms with Crippen molar-refractivity contribution in [3.05, 3.63) is 0 Å². The number of hydrogen-bond donors (Lipinski definition) is 2. The van der Waals surface area contributed by atoms with Crippen molar-refractivity contribution in [1.82, 2.24) is 5.32 Å². The lowest BCUT2D eigenvalue weighted by atomic mass is 10.1. The van der Waals surface area contributed by atoms with Crippen molar-refractivity contribution in [1.29, 1.82) is 0 Å². The predicted octanol–water partition coefficient (Wildman–Crippen LogP) is 2.27. The first kappa shape index (κ1) is 13.3. The van der Waals surface area contributed by atoms with E-state index in [0.717, 1.165) is 6.54 Å². The van der Waals surface area contributed by atoms with E-state index < -0.39 is 0 Å². The van der Waals surface area contributed by atoms with Gasteiger partial charge in [-0.3, -0.25) is 4.99 Å².